The van der Waals surface area contributed by atoms with E-state index in [9.17, 15) is 0 Å². The van der Waals surface area contributed by atoms with Gasteiger partial charge in [-0.05, 0) is 18.1 Å². The summed E-state index contributed by atoms with van der Waals surface area (Å²) in [5.74, 6) is 0.782. The van der Waals surface area contributed by atoms with Crippen LogP contribution in [0, 0.1) is 0 Å². The first-order valence-electron chi connectivity index (χ1n) is 4.29. The van der Waals surface area contributed by atoms with E-state index >= 15 is 0 Å². The van der Waals surface area contributed by atoms with Gasteiger partial charge in [-0.3, -0.25) is 4.99 Å². The Hall–Kier alpha value is -1.02. The van der Waals surface area contributed by atoms with Crippen LogP contribution in [0.3, 0.4) is 0 Å². The maximum atomic E-state index is 6.13. The molecule has 0 aromatic heterocycles. The molecule has 1 aromatic rings. The van der Waals surface area contributed by atoms with E-state index in [-0.39, 0.29) is 0 Å². The fourth-order valence-electron chi connectivity index (χ4n) is 1.35. The van der Waals surface area contributed by atoms with E-state index in [2.05, 4.69) is 11.9 Å². The Morgan fingerprint density at radius 2 is 2.38 bits per heavy atom. The Morgan fingerprint density at radius 3 is 3.15 bits per heavy atom. The van der Waals surface area contributed by atoms with Gasteiger partial charge in [-0.25, -0.2) is 0 Å². The lowest BCUT2D eigenvalue weighted by molar-refractivity contribution is 0.377. The fraction of sp³-hybridized carbons (Fsp3) is 0.300. The third-order valence-corrected chi connectivity index (χ3v) is 2.50. The minimum Gasteiger partial charge on any atom is -0.486 e. The van der Waals surface area contributed by atoms with Gasteiger partial charge in [0.05, 0.1) is 5.02 Å². The Morgan fingerprint density at radius 1 is 1.54 bits per heavy atom. The van der Waals surface area contributed by atoms with Crippen LogP contribution >= 0.6 is 11.6 Å². The molecular formula is C10H10ClNO. The molecule has 0 saturated heterocycles. The van der Waals surface area contributed by atoms with Crippen molar-refractivity contribution < 1.29 is 4.74 Å². The Kier molecular flexibility index (Phi) is 2.23. The molecule has 0 spiro atoms. The first kappa shape index (κ1) is 8.57. The molecular weight excluding hydrogens is 186 g/mol. The van der Waals surface area contributed by atoms with E-state index in [0.29, 0.717) is 6.61 Å². The quantitative estimate of drug-likeness (QED) is 0.675. The largest absolute Gasteiger partial charge is 0.486 e. The summed E-state index contributed by atoms with van der Waals surface area (Å²) in [5, 5.41) is 0.718. The summed E-state index contributed by atoms with van der Waals surface area (Å²) in [6, 6.07) is 3.92. The van der Waals surface area contributed by atoms with Crippen molar-refractivity contribution in [3.05, 3.63) is 22.7 Å². The molecule has 1 heterocycles. The molecule has 0 N–H and O–H groups in total. The smallest absolute Gasteiger partial charge is 0.147 e. The van der Waals surface area contributed by atoms with E-state index in [0.717, 1.165) is 28.4 Å². The highest BCUT2D eigenvalue weighted by atomic mass is 35.5. The molecule has 13 heavy (non-hydrogen) atoms. The molecule has 0 amide bonds. The molecule has 0 aliphatic carbocycles. The van der Waals surface area contributed by atoms with Crippen molar-refractivity contribution in [3.8, 4) is 5.75 Å². The number of hydrogen-bond acceptors (Lipinski definition) is 2. The predicted octanol–water partition coefficient (Wildman–Crippen LogP) is 3.00. The van der Waals surface area contributed by atoms with Crippen molar-refractivity contribution in [1.29, 1.82) is 0 Å². The molecule has 0 atom stereocenters. The van der Waals surface area contributed by atoms with Crippen molar-refractivity contribution in [2.75, 3.05) is 6.61 Å². The molecule has 2 rings (SSSR count). The summed E-state index contributed by atoms with van der Waals surface area (Å²) in [6.45, 7) is 2.61. The van der Waals surface area contributed by atoms with Crippen molar-refractivity contribution in [2.24, 2.45) is 4.99 Å². The zero-order chi connectivity index (χ0) is 9.26. The van der Waals surface area contributed by atoms with E-state index in [4.69, 9.17) is 16.3 Å². The van der Waals surface area contributed by atoms with E-state index in [1.807, 2.05) is 12.1 Å². The molecule has 2 nitrogen and oxygen atoms in total. The second-order valence-electron chi connectivity index (χ2n) is 2.86. The third kappa shape index (κ3) is 1.42. The molecule has 1 aromatic carbocycles. The number of rotatable bonds is 1. The lowest BCUT2D eigenvalue weighted by atomic mass is 10.1. The zero-order valence-electron chi connectivity index (χ0n) is 7.38. The average Bonchev–Trinajstić information content (AvgIpc) is 2.19. The van der Waals surface area contributed by atoms with E-state index in [1.165, 1.54) is 0 Å². The van der Waals surface area contributed by atoms with Crippen molar-refractivity contribution in [2.45, 2.75) is 13.3 Å². The van der Waals surface area contributed by atoms with Crippen LogP contribution < -0.4 is 4.74 Å². The van der Waals surface area contributed by atoms with Gasteiger partial charge in [-0.15, -0.1) is 0 Å². The van der Waals surface area contributed by atoms with Gasteiger partial charge in [0.25, 0.3) is 0 Å². The van der Waals surface area contributed by atoms with Gasteiger partial charge < -0.3 is 4.74 Å². The second-order valence-corrected chi connectivity index (χ2v) is 3.24. The topological polar surface area (TPSA) is 21.6 Å². The SMILES string of the molecule is CCc1ccc2c(c1Cl)N=CCO2. The number of aliphatic imine (C=N–C) groups is 1. The highest BCUT2D eigenvalue weighted by Crippen LogP contribution is 2.38. The normalized spacial score (nSPS) is 13.7. The monoisotopic (exact) mass is 195 g/mol. The molecule has 0 unspecified atom stereocenters. The van der Waals surface area contributed by atoms with Crippen molar-refractivity contribution >= 4 is 23.5 Å². The Bertz CT molecular complexity index is 360. The van der Waals surface area contributed by atoms with Crippen molar-refractivity contribution in [1.82, 2.24) is 0 Å². The molecule has 0 radical (unpaired) electrons. The van der Waals surface area contributed by atoms with Gasteiger partial charge >= 0.3 is 0 Å². The molecule has 0 bridgehead atoms. The maximum absolute atomic E-state index is 6.13. The Balaban J connectivity index is 2.57. The number of benzene rings is 1. The summed E-state index contributed by atoms with van der Waals surface area (Å²) in [5.41, 5.74) is 1.88. The van der Waals surface area contributed by atoms with Crippen LogP contribution in [-0.4, -0.2) is 12.8 Å². The average molecular weight is 196 g/mol. The third-order valence-electron chi connectivity index (χ3n) is 2.07. The van der Waals surface area contributed by atoms with Crippen LogP contribution in [0.2, 0.25) is 5.02 Å². The minimum absolute atomic E-state index is 0.537. The number of aryl methyl sites for hydroxylation is 1. The first-order chi connectivity index (χ1) is 6.33. The van der Waals surface area contributed by atoms with Gasteiger partial charge in [0, 0.05) is 6.21 Å². The Labute approximate surface area is 82.2 Å². The maximum Gasteiger partial charge on any atom is 0.147 e. The van der Waals surface area contributed by atoms with Crippen LogP contribution in [0.25, 0.3) is 0 Å². The number of nitrogens with zero attached hydrogens (tertiary/aromatic N) is 1. The molecule has 68 valence electrons. The van der Waals surface area contributed by atoms with Gasteiger partial charge in [-0.1, -0.05) is 24.6 Å². The predicted molar refractivity (Wildman–Crippen MR) is 54.5 cm³/mol. The molecule has 1 aliphatic heterocycles. The van der Waals surface area contributed by atoms with Gasteiger partial charge in [0.1, 0.15) is 18.0 Å². The molecule has 1 aliphatic rings. The minimum atomic E-state index is 0.537. The van der Waals surface area contributed by atoms with E-state index < -0.39 is 0 Å². The summed E-state index contributed by atoms with van der Waals surface area (Å²) >= 11 is 6.13. The standard InChI is InChI=1S/C10H10ClNO/c1-2-7-3-4-8-10(9(7)11)12-5-6-13-8/h3-5H,2,6H2,1H3. The summed E-state index contributed by atoms with van der Waals surface area (Å²) in [6.07, 6.45) is 2.65. The van der Waals surface area contributed by atoms with Crippen LogP contribution in [0.4, 0.5) is 5.69 Å². The van der Waals surface area contributed by atoms with Crippen LogP contribution in [0.1, 0.15) is 12.5 Å². The second kappa shape index (κ2) is 3.38. The van der Waals surface area contributed by atoms with Gasteiger partial charge in [0.2, 0.25) is 0 Å². The first-order valence-corrected chi connectivity index (χ1v) is 4.67. The van der Waals surface area contributed by atoms with Crippen LogP contribution in [0.15, 0.2) is 17.1 Å². The summed E-state index contributed by atoms with van der Waals surface area (Å²) in [7, 11) is 0. The highest BCUT2D eigenvalue weighted by molar-refractivity contribution is 6.34. The van der Waals surface area contributed by atoms with Gasteiger partial charge in [-0.2, -0.15) is 0 Å². The van der Waals surface area contributed by atoms with E-state index in [1.54, 1.807) is 6.21 Å². The highest BCUT2D eigenvalue weighted by Gasteiger charge is 2.12. The van der Waals surface area contributed by atoms with Gasteiger partial charge in [0.15, 0.2) is 0 Å². The summed E-state index contributed by atoms with van der Waals surface area (Å²) < 4.78 is 5.37. The molecule has 3 heteroatoms. The zero-order valence-corrected chi connectivity index (χ0v) is 8.14. The summed E-state index contributed by atoms with van der Waals surface area (Å²) in [4.78, 5) is 4.22. The lowest BCUT2D eigenvalue weighted by Gasteiger charge is -2.14. The number of halogens is 1. The van der Waals surface area contributed by atoms with Crippen LogP contribution in [0.5, 0.6) is 5.75 Å². The lowest BCUT2D eigenvalue weighted by Crippen LogP contribution is -2.03. The molecule has 0 saturated carbocycles. The number of hydrogen-bond donors (Lipinski definition) is 0. The number of ether oxygens (including phenoxy) is 1. The van der Waals surface area contributed by atoms with Crippen molar-refractivity contribution in [3.63, 3.8) is 0 Å². The fourth-order valence-corrected chi connectivity index (χ4v) is 1.69. The molecule has 0 fully saturated rings. The van der Waals surface area contributed by atoms with Crippen LogP contribution in [-0.2, 0) is 6.42 Å². The number of fused-ring (bicyclic) bond motifs is 1.